The van der Waals surface area contributed by atoms with Gasteiger partial charge in [-0.15, -0.1) is 0 Å². The van der Waals surface area contributed by atoms with E-state index in [4.69, 9.17) is 0 Å². The topological polar surface area (TPSA) is 63.9 Å². The molecule has 0 N–H and O–H groups in total. The van der Waals surface area contributed by atoms with Crippen molar-refractivity contribution in [3.8, 4) is 0 Å². The molecule has 1 unspecified atom stereocenters. The molecule has 0 aliphatic carbocycles. The van der Waals surface area contributed by atoms with Gasteiger partial charge >= 0.3 is 0 Å². The standard InChI is InChI=1S/C14H16BrN5O/c1-19-9-10(6-18-19)13(21)5-12-3-2-4-20(12)14-16-7-11(15)8-17-14/h6-9,12H,2-5H2,1H3. The van der Waals surface area contributed by atoms with Gasteiger partial charge < -0.3 is 4.90 Å². The second-order valence-corrected chi connectivity index (χ2v) is 6.14. The number of carbonyl (C=O) groups is 1. The molecule has 1 aliphatic rings. The monoisotopic (exact) mass is 349 g/mol. The Balaban J connectivity index is 1.72. The van der Waals surface area contributed by atoms with Gasteiger partial charge in [0.15, 0.2) is 5.78 Å². The van der Waals surface area contributed by atoms with Crippen LogP contribution in [0, 0.1) is 0 Å². The minimum absolute atomic E-state index is 0.122. The normalized spacial score (nSPS) is 18.2. The van der Waals surface area contributed by atoms with E-state index in [9.17, 15) is 4.79 Å². The van der Waals surface area contributed by atoms with Crippen LogP contribution in [0.25, 0.3) is 0 Å². The van der Waals surface area contributed by atoms with Crippen LogP contribution in [0.1, 0.15) is 29.6 Å². The van der Waals surface area contributed by atoms with Crippen LogP contribution < -0.4 is 4.90 Å². The Hall–Kier alpha value is -1.76. The van der Waals surface area contributed by atoms with Crippen LogP contribution in [0.5, 0.6) is 0 Å². The third-order valence-electron chi connectivity index (χ3n) is 3.69. The number of anilines is 1. The smallest absolute Gasteiger partial charge is 0.225 e. The highest BCUT2D eigenvalue weighted by Gasteiger charge is 2.29. The molecular formula is C14H16BrN5O. The molecule has 3 heterocycles. The Kier molecular flexibility index (Phi) is 4.01. The van der Waals surface area contributed by atoms with E-state index in [1.54, 1.807) is 29.5 Å². The molecule has 3 rings (SSSR count). The van der Waals surface area contributed by atoms with Gasteiger partial charge in [-0.1, -0.05) is 0 Å². The van der Waals surface area contributed by atoms with Crippen molar-refractivity contribution in [1.82, 2.24) is 19.7 Å². The third kappa shape index (κ3) is 3.12. The summed E-state index contributed by atoms with van der Waals surface area (Å²) in [4.78, 5) is 23.1. The molecule has 21 heavy (non-hydrogen) atoms. The molecule has 110 valence electrons. The van der Waals surface area contributed by atoms with Crippen LogP contribution >= 0.6 is 15.9 Å². The summed E-state index contributed by atoms with van der Waals surface area (Å²) in [5.74, 6) is 0.816. The summed E-state index contributed by atoms with van der Waals surface area (Å²) in [7, 11) is 1.81. The van der Waals surface area contributed by atoms with Crippen molar-refractivity contribution in [1.29, 1.82) is 0 Å². The van der Waals surface area contributed by atoms with Gasteiger partial charge in [0.05, 0.1) is 16.2 Å². The minimum atomic E-state index is 0.122. The van der Waals surface area contributed by atoms with Crippen LogP contribution in [0.15, 0.2) is 29.3 Å². The Morgan fingerprint density at radius 3 is 2.81 bits per heavy atom. The van der Waals surface area contributed by atoms with E-state index in [1.165, 1.54) is 0 Å². The molecule has 0 spiro atoms. The first kappa shape index (κ1) is 14.2. The van der Waals surface area contributed by atoms with Gasteiger partial charge in [-0.3, -0.25) is 9.48 Å². The molecule has 6 nitrogen and oxygen atoms in total. The number of ketones is 1. The number of nitrogens with zero attached hydrogens (tertiary/aromatic N) is 5. The number of aromatic nitrogens is 4. The van der Waals surface area contributed by atoms with E-state index in [1.807, 2.05) is 7.05 Å². The summed E-state index contributed by atoms with van der Waals surface area (Å²) < 4.78 is 2.51. The molecule has 0 bridgehead atoms. The molecule has 0 saturated carbocycles. The highest BCUT2D eigenvalue weighted by Crippen LogP contribution is 2.25. The lowest BCUT2D eigenvalue weighted by atomic mass is 10.0. The van der Waals surface area contributed by atoms with Crippen molar-refractivity contribution < 1.29 is 4.79 Å². The summed E-state index contributed by atoms with van der Waals surface area (Å²) in [5.41, 5.74) is 0.668. The lowest BCUT2D eigenvalue weighted by molar-refractivity contribution is 0.0974. The molecule has 1 aliphatic heterocycles. The van der Waals surface area contributed by atoms with E-state index in [0.717, 1.165) is 23.9 Å². The molecule has 1 saturated heterocycles. The van der Waals surface area contributed by atoms with Gasteiger partial charge in [0, 0.05) is 44.6 Å². The van der Waals surface area contributed by atoms with Gasteiger partial charge in [0.2, 0.25) is 5.95 Å². The SMILES string of the molecule is Cn1cc(C(=O)CC2CCCN2c2ncc(Br)cn2)cn1. The number of carbonyl (C=O) groups excluding carboxylic acids is 1. The molecule has 7 heteroatoms. The predicted molar refractivity (Wildman–Crippen MR) is 82.3 cm³/mol. The fraction of sp³-hybridized carbons (Fsp3) is 0.429. The number of hydrogen-bond donors (Lipinski definition) is 0. The van der Waals surface area contributed by atoms with E-state index in [0.29, 0.717) is 17.9 Å². The molecule has 2 aromatic heterocycles. The van der Waals surface area contributed by atoms with Gasteiger partial charge in [-0.25, -0.2) is 9.97 Å². The Morgan fingerprint density at radius 2 is 2.14 bits per heavy atom. The second-order valence-electron chi connectivity index (χ2n) is 5.22. The number of hydrogen-bond acceptors (Lipinski definition) is 5. The zero-order valence-corrected chi connectivity index (χ0v) is 13.3. The van der Waals surface area contributed by atoms with Crippen molar-refractivity contribution in [3.63, 3.8) is 0 Å². The molecular weight excluding hydrogens is 334 g/mol. The van der Waals surface area contributed by atoms with Crippen molar-refractivity contribution in [2.75, 3.05) is 11.4 Å². The predicted octanol–water partition coefficient (Wildman–Crippen LogP) is 2.21. The van der Waals surface area contributed by atoms with Crippen LogP contribution in [0.3, 0.4) is 0 Å². The first-order valence-corrected chi connectivity index (χ1v) is 7.69. The first-order chi connectivity index (χ1) is 10.1. The second kappa shape index (κ2) is 5.93. The lowest BCUT2D eigenvalue weighted by Gasteiger charge is -2.23. The van der Waals surface area contributed by atoms with Crippen molar-refractivity contribution >= 4 is 27.7 Å². The fourth-order valence-corrected chi connectivity index (χ4v) is 2.87. The number of halogens is 1. The van der Waals surface area contributed by atoms with Gasteiger partial charge in [-0.2, -0.15) is 5.10 Å². The Bertz CT molecular complexity index is 639. The van der Waals surface area contributed by atoms with Gasteiger partial charge in [0.1, 0.15) is 0 Å². The Morgan fingerprint density at radius 1 is 1.38 bits per heavy atom. The van der Waals surface area contributed by atoms with Crippen molar-refractivity contribution in [3.05, 3.63) is 34.8 Å². The molecule has 0 aromatic carbocycles. The summed E-state index contributed by atoms with van der Waals surface area (Å²) in [6.07, 6.45) is 9.39. The summed E-state index contributed by atoms with van der Waals surface area (Å²) in [5, 5.41) is 4.05. The molecule has 0 radical (unpaired) electrons. The molecule has 2 aromatic rings. The highest BCUT2D eigenvalue weighted by atomic mass is 79.9. The van der Waals surface area contributed by atoms with Crippen LogP contribution in [-0.4, -0.2) is 38.1 Å². The highest BCUT2D eigenvalue weighted by molar-refractivity contribution is 9.10. The number of aryl methyl sites for hydroxylation is 1. The van der Waals surface area contributed by atoms with Crippen LogP contribution in [0.2, 0.25) is 0 Å². The maximum Gasteiger partial charge on any atom is 0.225 e. The van der Waals surface area contributed by atoms with E-state index in [2.05, 4.69) is 35.9 Å². The summed E-state index contributed by atoms with van der Waals surface area (Å²) >= 11 is 3.34. The maximum atomic E-state index is 12.3. The third-order valence-corrected chi connectivity index (χ3v) is 4.10. The number of rotatable bonds is 4. The first-order valence-electron chi connectivity index (χ1n) is 6.89. The van der Waals surface area contributed by atoms with E-state index < -0.39 is 0 Å². The van der Waals surface area contributed by atoms with Gasteiger partial charge in [0.25, 0.3) is 0 Å². The largest absolute Gasteiger partial charge is 0.337 e. The minimum Gasteiger partial charge on any atom is -0.337 e. The zero-order chi connectivity index (χ0) is 14.8. The summed E-state index contributed by atoms with van der Waals surface area (Å²) in [6.45, 7) is 0.895. The number of Topliss-reactive ketones (excluding diaryl/α,β-unsaturated/α-hetero) is 1. The average molecular weight is 350 g/mol. The maximum absolute atomic E-state index is 12.3. The van der Waals surface area contributed by atoms with E-state index in [-0.39, 0.29) is 11.8 Å². The molecule has 1 fully saturated rings. The zero-order valence-electron chi connectivity index (χ0n) is 11.7. The lowest BCUT2D eigenvalue weighted by Crippen LogP contribution is -2.32. The fourth-order valence-electron chi connectivity index (χ4n) is 2.66. The summed E-state index contributed by atoms with van der Waals surface area (Å²) in [6, 6.07) is 0.166. The molecule has 1 atom stereocenters. The van der Waals surface area contributed by atoms with E-state index >= 15 is 0 Å². The van der Waals surface area contributed by atoms with Crippen LogP contribution in [0.4, 0.5) is 5.95 Å². The van der Waals surface area contributed by atoms with Gasteiger partial charge in [-0.05, 0) is 28.8 Å². The van der Waals surface area contributed by atoms with Crippen molar-refractivity contribution in [2.45, 2.75) is 25.3 Å². The Labute approximate surface area is 131 Å². The van der Waals surface area contributed by atoms with Crippen LogP contribution in [-0.2, 0) is 7.05 Å². The molecule has 0 amide bonds. The van der Waals surface area contributed by atoms with Crippen molar-refractivity contribution in [2.24, 2.45) is 7.05 Å². The average Bonchev–Trinajstić information content (AvgIpc) is 3.09. The quantitative estimate of drug-likeness (QED) is 0.791.